The van der Waals surface area contributed by atoms with E-state index in [0.717, 1.165) is 32.1 Å². The number of likely N-dealkylation sites (tertiary alicyclic amines) is 1. The normalized spacial score (nSPS) is 23.2. The fraction of sp³-hybridized carbons (Fsp3) is 0.667. The third-order valence-electron chi connectivity index (χ3n) is 10.5. The van der Waals surface area contributed by atoms with Gasteiger partial charge in [0.05, 0.1) is 12.2 Å². The molecule has 0 bridgehead atoms. The predicted molar refractivity (Wildman–Crippen MR) is 183 cm³/mol. The third-order valence-corrected chi connectivity index (χ3v) is 10.5. The second kappa shape index (κ2) is 15.6. The van der Waals surface area contributed by atoms with Crippen molar-refractivity contribution >= 4 is 35.3 Å². The highest BCUT2D eigenvalue weighted by Gasteiger charge is 2.70. The van der Waals surface area contributed by atoms with Gasteiger partial charge in [0.2, 0.25) is 23.5 Å². The van der Waals surface area contributed by atoms with Gasteiger partial charge in [-0.3, -0.25) is 33.8 Å². The van der Waals surface area contributed by atoms with Crippen LogP contribution in [0.1, 0.15) is 97.0 Å². The molecule has 1 aliphatic heterocycles. The molecule has 6 unspecified atom stereocenters. The first-order chi connectivity index (χ1) is 23.1. The monoisotopic (exact) mass is 679 g/mol. The molecule has 6 atom stereocenters. The minimum absolute atomic E-state index is 0.0565. The third kappa shape index (κ3) is 8.53. The number of nitrogens with one attached hydrogen (secondary N) is 4. The van der Waals surface area contributed by atoms with E-state index in [1.165, 1.54) is 29.6 Å². The van der Waals surface area contributed by atoms with Gasteiger partial charge in [-0.1, -0.05) is 73.3 Å². The molecule has 13 heteroatoms. The molecule has 3 fully saturated rings. The molecule has 2 aliphatic carbocycles. The van der Waals surface area contributed by atoms with Crippen LogP contribution in [0, 0.1) is 28.6 Å². The highest BCUT2D eigenvalue weighted by Crippen LogP contribution is 2.65. The summed E-state index contributed by atoms with van der Waals surface area (Å²) < 4.78 is 0. The van der Waals surface area contributed by atoms with E-state index in [4.69, 9.17) is 0 Å². The standard InChI is InChI=1S/C36H53N7O6/c1-8-13-23(28(44)33(48)39-16-9-2)40-32(47)27-25-22(36(25,6)7)20-43(27)34(49)29(35(3,4)5)42-31(46)26(21-14-11-10-12-15-21)41-30(45)24-19-37-17-18-38-24/h9,17-19,21-23,25-27,29H,2,8,10-16,20H2,1,3-7H3,(H,39,48)(H,40,47)(H,41,45)(H,42,46). The van der Waals surface area contributed by atoms with Crippen LogP contribution in [-0.2, 0) is 24.0 Å². The molecule has 49 heavy (non-hydrogen) atoms. The van der Waals surface area contributed by atoms with Crippen molar-refractivity contribution in [3.05, 3.63) is 36.9 Å². The number of nitrogens with zero attached hydrogens (tertiary/aromatic N) is 3. The molecule has 1 aromatic rings. The van der Waals surface area contributed by atoms with Crippen LogP contribution in [0.25, 0.3) is 0 Å². The second-order valence-corrected chi connectivity index (χ2v) is 15.3. The highest BCUT2D eigenvalue weighted by molar-refractivity contribution is 6.38. The van der Waals surface area contributed by atoms with Crippen LogP contribution in [0.3, 0.4) is 0 Å². The number of carbonyl (C=O) groups excluding carboxylic acids is 6. The zero-order valence-electron chi connectivity index (χ0n) is 29.7. The van der Waals surface area contributed by atoms with Gasteiger partial charge in [0.25, 0.3) is 11.8 Å². The minimum atomic E-state index is -1.05. The number of aromatic nitrogens is 2. The second-order valence-electron chi connectivity index (χ2n) is 15.3. The smallest absolute Gasteiger partial charge is 0.289 e. The Bertz CT molecular complexity index is 1420. The SMILES string of the molecule is C=CCNC(=O)C(=O)C(CCC)NC(=O)C1C2C(CN1C(=O)C(NC(=O)C(NC(=O)c1cnccn1)C1CCCCC1)C(C)(C)C)C2(C)C. The van der Waals surface area contributed by atoms with E-state index in [1.807, 2.05) is 27.7 Å². The summed E-state index contributed by atoms with van der Waals surface area (Å²) in [5, 5.41) is 11.1. The van der Waals surface area contributed by atoms with Crippen molar-refractivity contribution in [2.75, 3.05) is 13.1 Å². The van der Waals surface area contributed by atoms with Gasteiger partial charge in [0.15, 0.2) is 0 Å². The zero-order valence-corrected chi connectivity index (χ0v) is 29.7. The van der Waals surface area contributed by atoms with E-state index < -0.39 is 64.9 Å². The predicted octanol–water partition coefficient (Wildman–Crippen LogP) is 2.33. The summed E-state index contributed by atoms with van der Waals surface area (Å²) in [7, 11) is 0. The number of rotatable bonds is 14. The van der Waals surface area contributed by atoms with Gasteiger partial charge >= 0.3 is 0 Å². The summed E-state index contributed by atoms with van der Waals surface area (Å²) in [5.41, 5.74) is -0.876. The Labute approximate surface area is 289 Å². The van der Waals surface area contributed by atoms with Crippen LogP contribution in [0.2, 0.25) is 0 Å². The van der Waals surface area contributed by atoms with E-state index >= 15 is 0 Å². The largest absolute Gasteiger partial charge is 0.346 e. The van der Waals surface area contributed by atoms with E-state index in [1.54, 1.807) is 0 Å². The first kappa shape index (κ1) is 37.7. The van der Waals surface area contributed by atoms with Crippen molar-refractivity contribution in [2.45, 2.75) is 111 Å². The van der Waals surface area contributed by atoms with Gasteiger partial charge < -0.3 is 26.2 Å². The summed E-state index contributed by atoms with van der Waals surface area (Å²) in [6, 6.07) is -3.85. The van der Waals surface area contributed by atoms with E-state index in [2.05, 4.69) is 51.7 Å². The fourth-order valence-corrected chi connectivity index (χ4v) is 7.58. The molecule has 1 saturated heterocycles. The van der Waals surface area contributed by atoms with Gasteiger partial charge in [-0.25, -0.2) is 4.98 Å². The number of ketones is 1. The number of hydrogen-bond donors (Lipinski definition) is 4. The van der Waals surface area contributed by atoms with E-state index in [9.17, 15) is 28.8 Å². The lowest BCUT2D eigenvalue weighted by atomic mass is 9.82. The summed E-state index contributed by atoms with van der Waals surface area (Å²) in [4.78, 5) is 90.9. The molecule has 2 heterocycles. The highest BCUT2D eigenvalue weighted by atomic mass is 16.2. The Morgan fingerprint density at radius 2 is 1.73 bits per heavy atom. The summed E-state index contributed by atoms with van der Waals surface area (Å²) in [6.07, 6.45) is 10.9. The van der Waals surface area contributed by atoms with Crippen molar-refractivity contribution < 1.29 is 28.8 Å². The minimum Gasteiger partial charge on any atom is -0.346 e. The number of piperidine rings is 1. The number of Topliss-reactive ketones (excluding diaryl/α,β-unsaturated/α-hetero) is 1. The molecule has 3 aliphatic rings. The Kier molecular flexibility index (Phi) is 12.0. The lowest BCUT2D eigenvalue weighted by molar-refractivity contribution is -0.147. The lowest BCUT2D eigenvalue weighted by Gasteiger charge is -2.39. The molecule has 2 saturated carbocycles. The Morgan fingerprint density at radius 3 is 2.33 bits per heavy atom. The summed E-state index contributed by atoms with van der Waals surface area (Å²) in [5.74, 6) is -3.68. The van der Waals surface area contributed by atoms with Crippen molar-refractivity contribution in [1.29, 1.82) is 0 Å². The van der Waals surface area contributed by atoms with Gasteiger partial charge in [0, 0.05) is 25.5 Å². The summed E-state index contributed by atoms with van der Waals surface area (Å²) in [6.45, 7) is 15.5. The van der Waals surface area contributed by atoms with Crippen LogP contribution in [0.4, 0.5) is 0 Å². The maximum absolute atomic E-state index is 14.5. The maximum atomic E-state index is 14.5. The number of carbonyl (C=O) groups is 6. The van der Waals surface area contributed by atoms with Crippen LogP contribution in [0.5, 0.6) is 0 Å². The molecule has 5 amide bonds. The molecule has 13 nitrogen and oxygen atoms in total. The number of amides is 5. The van der Waals surface area contributed by atoms with E-state index in [0.29, 0.717) is 13.0 Å². The summed E-state index contributed by atoms with van der Waals surface area (Å²) >= 11 is 0. The van der Waals surface area contributed by atoms with Gasteiger partial charge in [-0.2, -0.15) is 0 Å². The van der Waals surface area contributed by atoms with Crippen molar-refractivity contribution in [3.63, 3.8) is 0 Å². The molecular weight excluding hydrogens is 626 g/mol. The average Bonchev–Trinajstić information content (AvgIpc) is 3.38. The number of hydrogen-bond acceptors (Lipinski definition) is 8. The van der Waals surface area contributed by atoms with Gasteiger partial charge in [-0.05, 0) is 47.8 Å². The number of fused-ring (bicyclic) bond motifs is 1. The lowest BCUT2D eigenvalue weighted by Crippen LogP contribution is -2.62. The van der Waals surface area contributed by atoms with Gasteiger partial charge in [0.1, 0.15) is 23.8 Å². The fourth-order valence-electron chi connectivity index (χ4n) is 7.58. The molecule has 268 valence electrons. The van der Waals surface area contributed by atoms with Gasteiger partial charge in [-0.15, -0.1) is 6.58 Å². The molecule has 0 aromatic carbocycles. The van der Waals surface area contributed by atoms with Crippen LogP contribution in [-0.4, -0.2) is 87.4 Å². The first-order valence-corrected chi connectivity index (χ1v) is 17.5. The molecule has 4 N–H and O–H groups in total. The quantitative estimate of drug-likeness (QED) is 0.171. The molecule has 0 radical (unpaired) electrons. The molecule has 1 aromatic heterocycles. The Morgan fingerprint density at radius 1 is 1.04 bits per heavy atom. The average molecular weight is 680 g/mol. The van der Waals surface area contributed by atoms with Crippen LogP contribution in [0.15, 0.2) is 31.2 Å². The maximum Gasteiger partial charge on any atom is 0.289 e. The first-order valence-electron chi connectivity index (χ1n) is 17.5. The van der Waals surface area contributed by atoms with Crippen LogP contribution < -0.4 is 21.3 Å². The molecular formula is C36H53N7O6. The zero-order chi connectivity index (χ0) is 36.1. The Balaban J connectivity index is 1.57. The Hall–Kier alpha value is -4.16. The molecule has 4 rings (SSSR count). The van der Waals surface area contributed by atoms with Crippen molar-refractivity contribution in [2.24, 2.45) is 28.6 Å². The van der Waals surface area contributed by atoms with E-state index in [-0.39, 0.29) is 41.8 Å². The molecule has 0 spiro atoms. The topological polar surface area (TPSA) is 180 Å². The van der Waals surface area contributed by atoms with Crippen molar-refractivity contribution in [3.8, 4) is 0 Å². The van der Waals surface area contributed by atoms with Crippen LogP contribution >= 0.6 is 0 Å². The van der Waals surface area contributed by atoms with Crippen molar-refractivity contribution in [1.82, 2.24) is 36.1 Å².